The van der Waals surface area contributed by atoms with E-state index in [4.69, 9.17) is 0 Å². The fraction of sp³-hybridized carbons (Fsp3) is 0.632. The third kappa shape index (κ3) is 4.11. The van der Waals surface area contributed by atoms with Gasteiger partial charge < -0.3 is 10.2 Å². The van der Waals surface area contributed by atoms with Crippen LogP contribution in [0.15, 0.2) is 24.0 Å². The Morgan fingerprint density at radius 3 is 2.84 bits per heavy atom. The zero-order valence-corrected chi connectivity index (χ0v) is 15.2. The molecule has 0 unspecified atom stereocenters. The third-order valence-electron chi connectivity index (χ3n) is 5.39. The predicted octanol–water partition coefficient (Wildman–Crippen LogP) is 2.34. The minimum Gasteiger partial charge on any atom is -0.355 e. The van der Waals surface area contributed by atoms with Crippen molar-refractivity contribution in [3.63, 3.8) is 0 Å². The zero-order valence-electron chi connectivity index (χ0n) is 15.2. The molecule has 2 amide bonds. The fourth-order valence-electron chi connectivity index (χ4n) is 3.97. The van der Waals surface area contributed by atoms with Crippen LogP contribution in [0.5, 0.6) is 0 Å². The van der Waals surface area contributed by atoms with Crippen molar-refractivity contribution < 1.29 is 9.59 Å². The minimum atomic E-state index is -0.233. The van der Waals surface area contributed by atoms with Crippen LogP contribution in [0.3, 0.4) is 0 Å². The van der Waals surface area contributed by atoms with Gasteiger partial charge in [-0.1, -0.05) is 11.6 Å². The standard InChI is InChI=1S/C19H28N4O2/c1-22-13-15(12-21-22)18-16(8-9-17(24)23(18)2)19(25)20-11-10-14-6-4-3-5-7-14/h6,12-13,16,18H,3-5,7-11H2,1-2H3,(H,20,25)/t16-,18-/m0/s1. The molecule has 2 heterocycles. The molecule has 6 nitrogen and oxygen atoms in total. The summed E-state index contributed by atoms with van der Waals surface area (Å²) in [5.41, 5.74) is 2.39. The smallest absolute Gasteiger partial charge is 0.225 e. The van der Waals surface area contributed by atoms with Crippen LogP contribution < -0.4 is 5.32 Å². The largest absolute Gasteiger partial charge is 0.355 e. The van der Waals surface area contributed by atoms with Crippen molar-refractivity contribution in [1.29, 1.82) is 0 Å². The molecule has 3 rings (SSSR count). The SMILES string of the molecule is CN1C(=O)CC[C@H](C(=O)NCCC2=CCCCC2)[C@@H]1c1cnn(C)c1. The van der Waals surface area contributed by atoms with Crippen LogP contribution in [0.25, 0.3) is 0 Å². The molecule has 1 aromatic rings. The monoisotopic (exact) mass is 344 g/mol. The molecule has 0 spiro atoms. The van der Waals surface area contributed by atoms with Crippen molar-refractivity contribution >= 4 is 11.8 Å². The van der Waals surface area contributed by atoms with Gasteiger partial charge in [-0.25, -0.2) is 0 Å². The Morgan fingerprint density at radius 2 is 2.16 bits per heavy atom. The summed E-state index contributed by atoms with van der Waals surface area (Å²) in [6.45, 7) is 0.679. The first-order valence-electron chi connectivity index (χ1n) is 9.26. The molecule has 1 aromatic heterocycles. The Labute approximate surface area is 149 Å². The lowest BCUT2D eigenvalue weighted by Crippen LogP contribution is -2.46. The molecule has 1 fully saturated rings. The van der Waals surface area contributed by atoms with Crippen LogP contribution in [0.2, 0.25) is 0 Å². The number of allylic oxidation sites excluding steroid dienone is 1. The Hall–Kier alpha value is -2.11. The van der Waals surface area contributed by atoms with Crippen LogP contribution in [-0.2, 0) is 16.6 Å². The van der Waals surface area contributed by atoms with E-state index in [1.807, 2.05) is 13.2 Å². The maximum atomic E-state index is 12.8. The topological polar surface area (TPSA) is 67.2 Å². The summed E-state index contributed by atoms with van der Waals surface area (Å²) in [6, 6.07) is -0.233. The number of piperidine rings is 1. The van der Waals surface area contributed by atoms with Gasteiger partial charge in [0, 0.05) is 38.8 Å². The average Bonchev–Trinajstić information content (AvgIpc) is 3.04. The molecular weight excluding hydrogens is 316 g/mol. The Bertz CT molecular complexity index is 664. The highest BCUT2D eigenvalue weighted by Crippen LogP contribution is 2.35. The molecule has 2 atom stereocenters. The summed E-state index contributed by atoms with van der Waals surface area (Å²) in [6.07, 6.45) is 12.8. The van der Waals surface area contributed by atoms with Crippen LogP contribution >= 0.6 is 0 Å². The molecule has 1 saturated heterocycles. The molecule has 2 aliphatic rings. The van der Waals surface area contributed by atoms with Gasteiger partial charge in [0.05, 0.1) is 18.2 Å². The lowest BCUT2D eigenvalue weighted by Gasteiger charge is -2.37. The lowest BCUT2D eigenvalue weighted by molar-refractivity contribution is -0.141. The highest BCUT2D eigenvalue weighted by Gasteiger charge is 2.39. The van der Waals surface area contributed by atoms with Gasteiger partial charge >= 0.3 is 0 Å². The fourth-order valence-corrected chi connectivity index (χ4v) is 3.97. The van der Waals surface area contributed by atoms with Crippen molar-refractivity contribution in [2.75, 3.05) is 13.6 Å². The van der Waals surface area contributed by atoms with Gasteiger partial charge in [0.25, 0.3) is 0 Å². The number of carbonyl (C=O) groups is 2. The third-order valence-corrected chi connectivity index (χ3v) is 5.39. The van der Waals surface area contributed by atoms with Gasteiger partial charge in [-0.3, -0.25) is 14.3 Å². The summed E-state index contributed by atoms with van der Waals surface area (Å²) in [7, 11) is 3.63. The van der Waals surface area contributed by atoms with Gasteiger partial charge in [-0.2, -0.15) is 5.10 Å². The van der Waals surface area contributed by atoms with E-state index in [1.165, 1.54) is 24.8 Å². The number of aryl methyl sites for hydroxylation is 1. The summed E-state index contributed by atoms with van der Waals surface area (Å²) in [5.74, 6) is -0.0814. The molecule has 1 N–H and O–H groups in total. The van der Waals surface area contributed by atoms with Crippen LogP contribution in [-0.4, -0.2) is 40.1 Å². The molecule has 0 radical (unpaired) electrons. The van der Waals surface area contributed by atoms with Gasteiger partial charge in [0.1, 0.15) is 0 Å². The quantitative estimate of drug-likeness (QED) is 0.834. The van der Waals surface area contributed by atoms with E-state index in [-0.39, 0.29) is 23.8 Å². The second-order valence-electron chi connectivity index (χ2n) is 7.19. The molecule has 0 aromatic carbocycles. The van der Waals surface area contributed by atoms with E-state index in [2.05, 4.69) is 16.5 Å². The maximum Gasteiger partial charge on any atom is 0.225 e. The van der Waals surface area contributed by atoms with E-state index in [9.17, 15) is 9.59 Å². The van der Waals surface area contributed by atoms with Gasteiger partial charge in [0.2, 0.25) is 11.8 Å². The number of hydrogen-bond donors (Lipinski definition) is 1. The van der Waals surface area contributed by atoms with E-state index >= 15 is 0 Å². The van der Waals surface area contributed by atoms with Crippen molar-refractivity contribution in [1.82, 2.24) is 20.0 Å². The number of aromatic nitrogens is 2. The van der Waals surface area contributed by atoms with Crippen molar-refractivity contribution in [3.8, 4) is 0 Å². The molecule has 136 valence electrons. The number of nitrogens with zero attached hydrogens (tertiary/aromatic N) is 3. The van der Waals surface area contributed by atoms with Crippen LogP contribution in [0, 0.1) is 5.92 Å². The van der Waals surface area contributed by atoms with Crippen molar-refractivity contribution in [2.45, 2.75) is 51.0 Å². The first-order valence-corrected chi connectivity index (χ1v) is 9.26. The van der Waals surface area contributed by atoms with E-state index in [0.717, 1.165) is 18.4 Å². The molecular formula is C19H28N4O2. The first-order chi connectivity index (χ1) is 12.1. The second kappa shape index (κ2) is 7.85. The maximum absolute atomic E-state index is 12.8. The summed E-state index contributed by atoms with van der Waals surface area (Å²) < 4.78 is 1.72. The highest BCUT2D eigenvalue weighted by atomic mass is 16.2. The summed E-state index contributed by atoms with van der Waals surface area (Å²) in [4.78, 5) is 26.6. The zero-order chi connectivity index (χ0) is 17.8. The second-order valence-corrected chi connectivity index (χ2v) is 7.19. The number of amides is 2. The van der Waals surface area contributed by atoms with E-state index < -0.39 is 0 Å². The Morgan fingerprint density at radius 1 is 1.32 bits per heavy atom. The van der Waals surface area contributed by atoms with Crippen LogP contribution in [0.4, 0.5) is 0 Å². The predicted molar refractivity (Wildman–Crippen MR) is 95.6 cm³/mol. The summed E-state index contributed by atoms with van der Waals surface area (Å²) in [5, 5.41) is 7.30. The number of rotatable bonds is 5. The van der Waals surface area contributed by atoms with Crippen molar-refractivity contribution in [3.05, 3.63) is 29.6 Å². The summed E-state index contributed by atoms with van der Waals surface area (Å²) >= 11 is 0. The molecule has 25 heavy (non-hydrogen) atoms. The first kappa shape index (κ1) is 17.7. The van der Waals surface area contributed by atoms with Crippen LogP contribution in [0.1, 0.15) is 56.6 Å². The number of carbonyl (C=O) groups excluding carboxylic acids is 2. The Balaban J connectivity index is 1.64. The molecule has 0 saturated carbocycles. The normalized spacial score (nSPS) is 24.2. The van der Waals surface area contributed by atoms with Gasteiger partial charge in [0.15, 0.2) is 0 Å². The number of nitrogens with one attached hydrogen (secondary N) is 1. The average molecular weight is 344 g/mol. The Kier molecular flexibility index (Phi) is 5.56. The minimum absolute atomic E-state index is 0.0459. The highest BCUT2D eigenvalue weighted by molar-refractivity contribution is 5.84. The lowest BCUT2D eigenvalue weighted by atomic mass is 9.85. The van der Waals surface area contributed by atoms with E-state index in [1.54, 1.807) is 22.8 Å². The molecule has 1 aliphatic carbocycles. The van der Waals surface area contributed by atoms with Crippen molar-refractivity contribution in [2.24, 2.45) is 13.0 Å². The number of likely N-dealkylation sites (tertiary alicyclic amines) is 1. The van der Waals surface area contributed by atoms with Gasteiger partial charge in [-0.15, -0.1) is 0 Å². The molecule has 1 aliphatic heterocycles. The van der Waals surface area contributed by atoms with Gasteiger partial charge in [-0.05, 0) is 38.5 Å². The molecule has 0 bridgehead atoms. The van der Waals surface area contributed by atoms with E-state index in [0.29, 0.717) is 19.4 Å². The molecule has 6 heteroatoms. The number of hydrogen-bond acceptors (Lipinski definition) is 3.